The SMILES string of the molecule is O=[N+]([O-])c1ccc(CCNc2ncc(Br)cn2)cc1. The van der Waals surface area contributed by atoms with Crippen LogP contribution >= 0.6 is 15.9 Å². The number of halogens is 1. The van der Waals surface area contributed by atoms with Crippen LogP contribution < -0.4 is 5.32 Å². The van der Waals surface area contributed by atoms with E-state index in [2.05, 4.69) is 31.2 Å². The van der Waals surface area contributed by atoms with Crippen LogP contribution in [-0.4, -0.2) is 21.4 Å². The van der Waals surface area contributed by atoms with Gasteiger partial charge in [-0.25, -0.2) is 9.97 Å². The Labute approximate surface area is 118 Å². The molecule has 98 valence electrons. The van der Waals surface area contributed by atoms with Crippen molar-refractivity contribution in [3.05, 3.63) is 56.8 Å². The fourth-order valence-electron chi connectivity index (χ4n) is 1.51. The zero-order chi connectivity index (χ0) is 13.7. The van der Waals surface area contributed by atoms with Gasteiger partial charge in [-0.1, -0.05) is 12.1 Å². The van der Waals surface area contributed by atoms with Crippen molar-refractivity contribution in [2.75, 3.05) is 11.9 Å². The van der Waals surface area contributed by atoms with Crippen LogP contribution in [-0.2, 0) is 6.42 Å². The molecule has 0 spiro atoms. The molecule has 0 saturated heterocycles. The van der Waals surface area contributed by atoms with Gasteiger partial charge in [-0.15, -0.1) is 0 Å². The third-order valence-corrected chi connectivity index (χ3v) is 2.87. The molecule has 0 aliphatic rings. The van der Waals surface area contributed by atoms with Crippen LogP contribution in [0.3, 0.4) is 0 Å². The molecule has 6 nitrogen and oxygen atoms in total. The minimum Gasteiger partial charge on any atom is -0.354 e. The van der Waals surface area contributed by atoms with Gasteiger partial charge in [0, 0.05) is 31.1 Å². The van der Waals surface area contributed by atoms with E-state index in [4.69, 9.17) is 0 Å². The Morgan fingerprint density at radius 1 is 1.21 bits per heavy atom. The van der Waals surface area contributed by atoms with Crippen molar-refractivity contribution in [1.29, 1.82) is 0 Å². The zero-order valence-electron chi connectivity index (χ0n) is 9.91. The third kappa shape index (κ3) is 3.99. The van der Waals surface area contributed by atoms with Crippen molar-refractivity contribution >= 4 is 27.6 Å². The molecule has 0 unspecified atom stereocenters. The maximum Gasteiger partial charge on any atom is 0.269 e. The van der Waals surface area contributed by atoms with E-state index in [1.165, 1.54) is 12.1 Å². The van der Waals surface area contributed by atoms with Crippen molar-refractivity contribution in [3.8, 4) is 0 Å². The van der Waals surface area contributed by atoms with E-state index in [1.54, 1.807) is 24.5 Å². The molecule has 1 heterocycles. The molecular formula is C12H11BrN4O2. The largest absolute Gasteiger partial charge is 0.354 e. The Morgan fingerprint density at radius 3 is 2.42 bits per heavy atom. The van der Waals surface area contributed by atoms with Gasteiger partial charge in [-0.05, 0) is 27.9 Å². The smallest absolute Gasteiger partial charge is 0.269 e. The molecule has 0 bridgehead atoms. The van der Waals surface area contributed by atoms with Crippen LogP contribution in [0.1, 0.15) is 5.56 Å². The topological polar surface area (TPSA) is 81.0 Å². The summed E-state index contributed by atoms with van der Waals surface area (Å²) >= 11 is 3.26. The Kier molecular flexibility index (Phi) is 4.40. The molecule has 2 rings (SSSR count). The Balaban J connectivity index is 1.85. The Hall–Kier alpha value is -2.02. The molecule has 0 amide bonds. The van der Waals surface area contributed by atoms with Gasteiger partial charge in [0.05, 0.1) is 9.40 Å². The van der Waals surface area contributed by atoms with Crippen LogP contribution in [0.5, 0.6) is 0 Å². The number of nitrogens with zero attached hydrogens (tertiary/aromatic N) is 3. The first kappa shape index (κ1) is 13.4. The van der Waals surface area contributed by atoms with Gasteiger partial charge in [0.1, 0.15) is 0 Å². The van der Waals surface area contributed by atoms with Gasteiger partial charge in [0.2, 0.25) is 5.95 Å². The maximum absolute atomic E-state index is 10.5. The van der Waals surface area contributed by atoms with Crippen molar-refractivity contribution in [2.45, 2.75) is 6.42 Å². The lowest BCUT2D eigenvalue weighted by atomic mass is 10.1. The van der Waals surface area contributed by atoms with E-state index in [-0.39, 0.29) is 5.69 Å². The number of aromatic nitrogens is 2. The average Bonchev–Trinajstić information content (AvgIpc) is 2.41. The molecule has 19 heavy (non-hydrogen) atoms. The van der Waals surface area contributed by atoms with Gasteiger partial charge < -0.3 is 5.32 Å². The number of hydrogen-bond donors (Lipinski definition) is 1. The Bertz CT molecular complexity index is 557. The maximum atomic E-state index is 10.5. The molecular weight excluding hydrogens is 312 g/mol. The van der Waals surface area contributed by atoms with Crippen molar-refractivity contribution in [3.63, 3.8) is 0 Å². The molecule has 1 aromatic carbocycles. The standard InChI is InChI=1S/C12H11BrN4O2/c13-10-7-15-12(16-8-10)14-6-5-9-1-3-11(4-2-9)17(18)19/h1-4,7-8H,5-6H2,(H,14,15,16). The van der Waals surface area contributed by atoms with Crippen molar-refractivity contribution in [1.82, 2.24) is 9.97 Å². The molecule has 2 aromatic rings. The molecule has 0 aliphatic heterocycles. The quantitative estimate of drug-likeness (QED) is 0.676. The summed E-state index contributed by atoms with van der Waals surface area (Å²) in [7, 11) is 0. The van der Waals surface area contributed by atoms with Gasteiger partial charge >= 0.3 is 0 Å². The lowest BCUT2D eigenvalue weighted by Crippen LogP contribution is -2.07. The highest BCUT2D eigenvalue weighted by molar-refractivity contribution is 9.10. The fourth-order valence-corrected chi connectivity index (χ4v) is 1.71. The summed E-state index contributed by atoms with van der Waals surface area (Å²) < 4.78 is 0.827. The second-order valence-corrected chi connectivity index (χ2v) is 4.74. The number of rotatable bonds is 5. The van der Waals surface area contributed by atoms with Crippen LogP contribution in [0.25, 0.3) is 0 Å². The summed E-state index contributed by atoms with van der Waals surface area (Å²) in [6.07, 6.45) is 4.08. The molecule has 0 saturated carbocycles. The van der Waals surface area contributed by atoms with Gasteiger partial charge in [-0.3, -0.25) is 10.1 Å². The van der Waals surface area contributed by atoms with E-state index >= 15 is 0 Å². The summed E-state index contributed by atoms with van der Waals surface area (Å²) in [6.45, 7) is 0.666. The number of benzene rings is 1. The van der Waals surface area contributed by atoms with Crippen molar-refractivity contribution < 1.29 is 4.92 Å². The minimum atomic E-state index is -0.405. The first-order valence-electron chi connectivity index (χ1n) is 5.60. The molecule has 1 N–H and O–H groups in total. The van der Waals surface area contributed by atoms with E-state index < -0.39 is 4.92 Å². The summed E-state index contributed by atoms with van der Waals surface area (Å²) in [5.41, 5.74) is 1.13. The number of nitrogens with one attached hydrogen (secondary N) is 1. The van der Waals surface area contributed by atoms with Crippen LogP contribution in [0.15, 0.2) is 41.1 Å². The summed E-state index contributed by atoms with van der Waals surface area (Å²) in [6, 6.07) is 6.52. The second kappa shape index (κ2) is 6.24. The van der Waals surface area contributed by atoms with Crippen LogP contribution in [0.2, 0.25) is 0 Å². The summed E-state index contributed by atoms with van der Waals surface area (Å²) in [4.78, 5) is 18.3. The third-order valence-electron chi connectivity index (χ3n) is 2.46. The minimum absolute atomic E-state index is 0.105. The molecule has 0 aliphatic carbocycles. The van der Waals surface area contributed by atoms with Gasteiger partial charge in [-0.2, -0.15) is 0 Å². The highest BCUT2D eigenvalue weighted by Crippen LogP contribution is 2.12. The first-order chi connectivity index (χ1) is 9.15. The molecule has 7 heteroatoms. The monoisotopic (exact) mass is 322 g/mol. The van der Waals surface area contributed by atoms with Crippen molar-refractivity contribution in [2.24, 2.45) is 0 Å². The molecule has 0 radical (unpaired) electrons. The van der Waals surface area contributed by atoms with Gasteiger partial charge in [0.25, 0.3) is 5.69 Å². The highest BCUT2D eigenvalue weighted by atomic mass is 79.9. The highest BCUT2D eigenvalue weighted by Gasteiger charge is 2.03. The average molecular weight is 323 g/mol. The van der Waals surface area contributed by atoms with Gasteiger partial charge in [0.15, 0.2) is 0 Å². The second-order valence-electron chi connectivity index (χ2n) is 3.83. The number of nitro benzene ring substituents is 1. The van der Waals surface area contributed by atoms with Crippen LogP contribution in [0.4, 0.5) is 11.6 Å². The van der Waals surface area contributed by atoms with Crippen LogP contribution in [0, 0.1) is 10.1 Å². The first-order valence-corrected chi connectivity index (χ1v) is 6.39. The number of nitro groups is 1. The van der Waals surface area contributed by atoms with E-state index in [0.29, 0.717) is 12.5 Å². The number of hydrogen-bond acceptors (Lipinski definition) is 5. The molecule has 0 atom stereocenters. The predicted molar refractivity (Wildman–Crippen MR) is 75.0 cm³/mol. The normalized spacial score (nSPS) is 10.2. The Morgan fingerprint density at radius 2 is 1.84 bits per heavy atom. The summed E-state index contributed by atoms with van der Waals surface area (Å²) in [5.74, 6) is 0.560. The number of non-ortho nitro benzene ring substituents is 1. The summed E-state index contributed by atoms with van der Waals surface area (Å²) in [5, 5.41) is 13.6. The lowest BCUT2D eigenvalue weighted by molar-refractivity contribution is -0.384. The number of anilines is 1. The predicted octanol–water partition coefficient (Wildman–Crippen LogP) is 2.80. The zero-order valence-corrected chi connectivity index (χ0v) is 11.5. The molecule has 0 fully saturated rings. The van der Waals surface area contributed by atoms with E-state index in [1.807, 2.05) is 0 Å². The molecule has 1 aromatic heterocycles. The van der Waals surface area contributed by atoms with E-state index in [9.17, 15) is 10.1 Å². The fraction of sp³-hybridized carbons (Fsp3) is 0.167. The van der Waals surface area contributed by atoms with E-state index in [0.717, 1.165) is 16.5 Å². The lowest BCUT2D eigenvalue weighted by Gasteiger charge is -2.04.